The molecular formula is C18H34O4. The minimum atomic E-state index is -0.785. The first-order valence-electron chi connectivity index (χ1n) is 9.01. The molecule has 0 aromatic heterocycles. The molecule has 0 amide bonds. The molecule has 4 nitrogen and oxygen atoms in total. The van der Waals surface area contributed by atoms with Crippen molar-refractivity contribution in [3.05, 3.63) is 0 Å². The van der Waals surface area contributed by atoms with Gasteiger partial charge in [0.1, 0.15) is 6.10 Å². The van der Waals surface area contributed by atoms with Crippen molar-refractivity contribution in [2.75, 3.05) is 0 Å². The van der Waals surface area contributed by atoms with Crippen molar-refractivity contribution in [1.29, 1.82) is 0 Å². The summed E-state index contributed by atoms with van der Waals surface area (Å²) in [6, 6.07) is 0. The maximum atomic E-state index is 11.9. The molecule has 0 aromatic carbocycles. The van der Waals surface area contributed by atoms with Gasteiger partial charge in [-0.25, -0.2) is 0 Å². The summed E-state index contributed by atoms with van der Waals surface area (Å²) in [4.78, 5) is 22.4. The third-order valence-corrected chi connectivity index (χ3v) is 3.83. The second kappa shape index (κ2) is 14.9. The van der Waals surface area contributed by atoms with Crippen molar-refractivity contribution in [1.82, 2.24) is 0 Å². The van der Waals surface area contributed by atoms with E-state index in [4.69, 9.17) is 9.84 Å². The highest BCUT2D eigenvalue weighted by atomic mass is 16.5. The monoisotopic (exact) mass is 314 g/mol. The summed E-state index contributed by atoms with van der Waals surface area (Å²) >= 11 is 0. The van der Waals surface area contributed by atoms with Crippen LogP contribution in [0, 0.1) is 0 Å². The van der Waals surface area contributed by atoms with Gasteiger partial charge in [-0.2, -0.15) is 0 Å². The summed E-state index contributed by atoms with van der Waals surface area (Å²) in [6.45, 7) is 4.30. The van der Waals surface area contributed by atoms with Crippen LogP contribution in [0.15, 0.2) is 0 Å². The Morgan fingerprint density at radius 2 is 1.41 bits per heavy atom. The molecular weight excluding hydrogens is 280 g/mol. The van der Waals surface area contributed by atoms with Crippen LogP contribution in [0.4, 0.5) is 0 Å². The third-order valence-electron chi connectivity index (χ3n) is 3.83. The van der Waals surface area contributed by atoms with Gasteiger partial charge in [0.2, 0.25) is 0 Å². The Kier molecular flexibility index (Phi) is 14.1. The zero-order chi connectivity index (χ0) is 16.6. The summed E-state index contributed by atoms with van der Waals surface area (Å²) in [7, 11) is 0. The van der Waals surface area contributed by atoms with E-state index in [9.17, 15) is 9.59 Å². The number of ether oxygens (including phenoxy) is 1. The summed E-state index contributed by atoms with van der Waals surface area (Å²) in [6.07, 6.45) is 11.6. The molecule has 4 heteroatoms. The zero-order valence-corrected chi connectivity index (χ0v) is 14.4. The molecule has 0 bridgehead atoms. The number of carbonyl (C=O) groups is 2. The fraction of sp³-hybridized carbons (Fsp3) is 0.889. The van der Waals surface area contributed by atoms with Gasteiger partial charge in [-0.3, -0.25) is 9.59 Å². The molecule has 0 heterocycles. The Morgan fingerprint density at radius 1 is 0.818 bits per heavy atom. The van der Waals surface area contributed by atoms with Gasteiger partial charge >= 0.3 is 11.9 Å². The highest BCUT2D eigenvalue weighted by molar-refractivity contribution is 5.69. The molecule has 1 unspecified atom stereocenters. The summed E-state index contributed by atoms with van der Waals surface area (Å²) in [5.41, 5.74) is 0. The van der Waals surface area contributed by atoms with E-state index in [0.29, 0.717) is 19.3 Å². The second-order valence-electron chi connectivity index (χ2n) is 6.06. The predicted molar refractivity (Wildman–Crippen MR) is 88.9 cm³/mol. The second-order valence-corrected chi connectivity index (χ2v) is 6.06. The van der Waals surface area contributed by atoms with E-state index < -0.39 is 5.97 Å². The van der Waals surface area contributed by atoms with Crippen molar-refractivity contribution in [2.24, 2.45) is 0 Å². The summed E-state index contributed by atoms with van der Waals surface area (Å²) < 4.78 is 5.53. The highest BCUT2D eigenvalue weighted by Gasteiger charge is 2.14. The first-order valence-corrected chi connectivity index (χ1v) is 9.01. The van der Waals surface area contributed by atoms with Crippen LogP contribution in [0.3, 0.4) is 0 Å². The minimum absolute atomic E-state index is 0.105. The Labute approximate surface area is 135 Å². The van der Waals surface area contributed by atoms with Gasteiger partial charge in [-0.15, -0.1) is 0 Å². The maximum Gasteiger partial charge on any atom is 0.306 e. The SMILES string of the molecule is CCCCCCCCC(=O)OC(CCCC)CCCC(=O)O. The topological polar surface area (TPSA) is 63.6 Å². The molecule has 0 saturated heterocycles. The molecule has 0 aromatic rings. The van der Waals surface area contributed by atoms with Crippen molar-refractivity contribution in [3.63, 3.8) is 0 Å². The van der Waals surface area contributed by atoms with Crippen LogP contribution in [0.2, 0.25) is 0 Å². The Bertz CT molecular complexity index is 289. The van der Waals surface area contributed by atoms with E-state index in [1.165, 1.54) is 25.7 Å². The lowest BCUT2D eigenvalue weighted by atomic mass is 10.1. The number of rotatable bonds is 15. The number of hydrogen-bond acceptors (Lipinski definition) is 3. The smallest absolute Gasteiger partial charge is 0.306 e. The fourth-order valence-electron chi connectivity index (χ4n) is 2.47. The van der Waals surface area contributed by atoms with E-state index in [1.807, 2.05) is 0 Å². The first kappa shape index (κ1) is 20.9. The Morgan fingerprint density at radius 3 is 2.05 bits per heavy atom. The highest BCUT2D eigenvalue weighted by Crippen LogP contribution is 2.15. The first-order chi connectivity index (χ1) is 10.6. The number of carbonyl (C=O) groups excluding carboxylic acids is 1. The van der Waals surface area contributed by atoms with Gasteiger partial charge in [0, 0.05) is 12.8 Å². The molecule has 0 saturated carbocycles. The largest absolute Gasteiger partial charge is 0.481 e. The molecule has 22 heavy (non-hydrogen) atoms. The van der Waals surface area contributed by atoms with Crippen molar-refractivity contribution in [2.45, 2.75) is 103 Å². The summed E-state index contributed by atoms with van der Waals surface area (Å²) in [5.74, 6) is -0.903. The fourth-order valence-corrected chi connectivity index (χ4v) is 2.47. The maximum absolute atomic E-state index is 11.9. The number of aliphatic carboxylic acids is 1. The normalized spacial score (nSPS) is 12.1. The lowest BCUT2D eigenvalue weighted by Gasteiger charge is -2.17. The zero-order valence-electron chi connectivity index (χ0n) is 14.4. The van der Waals surface area contributed by atoms with Crippen LogP contribution in [0.1, 0.15) is 97.3 Å². The van der Waals surface area contributed by atoms with Gasteiger partial charge in [-0.05, 0) is 25.7 Å². The molecule has 1 N–H and O–H groups in total. The van der Waals surface area contributed by atoms with Gasteiger partial charge in [-0.1, -0.05) is 58.8 Å². The molecule has 130 valence electrons. The molecule has 0 aliphatic rings. The van der Waals surface area contributed by atoms with Gasteiger partial charge in [0.25, 0.3) is 0 Å². The lowest BCUT2D eigenvalue weighted by Crippen LogP contribution is -2.18. The molecule has 0 aliphatic carbocycles. The number of carboxylic acids is 1. The molecule has 0 spiro atoms. The van der Waals surface area contributed by atoms with Crippen LogP contribution in [-0.2, 0) is 14.3 Å². The number of unbranched alkanes of at least 4 members (excludes halogenated alkanes) is 6. The molecule has 1 atom stereocenters. The lowest BCUT2D eigenvalue weighted by molar-refractivity contribution is -0.150. The van der Waals surface area contributed by atoms with Gasteiger partial charge in [0.05, 0.1) is 0 Å². The Balaban J connectivity index is 3.85. The van der Waals surface area contributed by atoms with E-state index in [1.54, 1.807) is 0 Å². The van der Waals surface area contributed by atoms with E-state index in [2.05, 4.69) is 13.8 Å². The third kappa shape index (κ3) is 13.9. The van der Waals surface area contributed by atoms with Crippen molar-refractivity contribution >= 4 is 11.9 Å². The van der Waals surface area contributed by atoms with E-state index >= 15 is 0 Å². The predicted octanol–water partition coefficient (Wildman–Crippen LogP) is 5.09. The molecule has 0 aliphatic heterocycles. The molecule has 0 fully saturated rings. The number of carboxylic acid groups (broad SMARTS) is 1. The summed E-state index contributed by atoms with van der Waals surface area (Å²) in [5, 5.41) is 8.68. The van der Waals surface area contributed by atoms with Crippen molar-refractivity contribution < 1.29 is 19.4 Å². The number of hydrogen-bond donors (Lipinski definition) is 1. The quantitative estimate of drug-likeness (QED) is 0.337. The van der Waals surface area contributed by atoms with E-state index in [0.717, 1.165) is 32.1 Å². The average Bonchev–Trinajstić information content (AvgIpc) is 2.47. The van der Waals surface area contributed by atoms with Crippen LogP contribution in [0.25, 0.3) is 0 Å². The van der Waals surface area contributed by atoms with Gasteiger partial charge in [0.15, 0.2) is 0 Å². The molecule has 0 rings (SSSR count). The van der Waals surface area contributed by atoms with Crippen LogP contribution in [-0.4, -0.2) is 23.1 Å². The van der Waals surface area contributed by atoms with Crippen LogP contribution < -0.4 is 0 Å². The van der Waals surface area contributed by atoms with E-state index in [-0.39, 0.29) is 18.5 Å². The van der Waals surface area contributed by atoms with Crippen LogP contribution >= 0.6 is 0 Å². The standard InChI is InChI=1S/C18H34O4/c1-3-5-7-8-9-10-15-18(21)22-16(12-6-4-2)13-11-14-17(19)20/h16H,3-15H2,1-2H3,(H,19,20). The van der Waals surface area contributed by atoms with Crippen LogP contribution in [0.5, 0.6) is 0 Å². The molecule has 0 radical (unpaired) electrons. The minimum Gasteiger partial charge on any atom is -0.481 e. The Hall–Kier alpha value is -1.06. The van der Waals surface area contributed by atoms with Gasteiger partial charge < -0.3 is 9.84 Å². The van der Waals surface area contributed by atoms with Crippen molar-refractivity contribution in [3.8, 4) is 0 Å². The average molecular weight is 314 g/mol. The number of esters is 1.